The summed E-state index contributed by atoms with van der Waals surface area (Å²) in [6, 6.07) is 3.92. The average Bonchev–Trinajstić information content (AvgIpc) is 2.77. The second-order valence-corrected chi connectivity index (χ2v) is 6.86. The Hall–Kier alpha value is -2.13. The molecule has 1 atom stereocenters. The third kappa shape index (κ3) is 5.71. The van der Waals surface area contributed by atoms with Crippen LogP contribution in [0.5, 0.6) is 5.75 Å². The number of carbonyl (C=O) groups excluding carboxylic acids is 2. The van der Waals surface area contributed by atoms with Gasteiger partial charge in [0.05, 0.1) is 0 Å². The fraction of sp³-hybridized carbons (Fsp3) is 0.500. The van der Waals surface area contributed by atoms with Crippen molar-refractivity contribution in [3.8, 4) is 5.75 Å². The molecule has 6 nitrogen and oxygen atoms in total. The van der Waals surface area contributed by atoms with Crippen LogP contribution in [0.2, 0.25) is 0 Å². The van der Waals surface area contributed by atoms with Gasteiger partial charge >= 0.3 is 6.36 Å². The summed E-state index contributed by atoms with van der Waals surface area (Å²) in [6.45, 7) is 5.43. The molecule has 1 fully saturated rings. The molecule has 1 aliphatic rings. The van der Waals surface area contributed by atoms with Gasteiger partial charge in [0.15, 0.2) is 5.78 Å². The number of hydroxylamine groups is 1. The van der Waals surface area contributed by atoms with Crippen LogP contribution in [0.3, 0.4) is 0 Å². The Balaban J connectivity index is 2.10. The highest BCUT2D eigenvalue weighted by atomic mass is 19.4. The maximum atomic E-state index is 12.2. The highest BCUT2D eigenvalue weighted by molar-refractivity contribution is 5.88. The van der Waals surface area contributed by atoms with E-state index in [4.69, 9.17) is 4.84 Å². The number of nitrogens with one attached hydrogen (secondary N) is 1. The van der Waals surface area contributed by atoms with E-state index in [2.05, 4.69) is 10.2 Å². The van der Waals surface area contributed by atoms with Crippen molar-refractivity contribution in [3.63, 3.8) is 0 Å². The standard InChI is InChI=1S/C16H19F3N2O4/c1-15(2,3)8-13(23)20-21-14(12(22)9-24-21)10-4-6-11(7-5-10)25-16(17,18)19/h4-7,14H,8-9H2,1-3H3,(H,20,23). The summed E-state index contributed by atoms with van der Waals surface area (Å²) in [5, 5.41) is 1.04. The normalized spacial score (nSPS) is 19.1. The summed E-state index contributed by atoms with van der Waals surface area (Å²) >= 11 is 0. The van der Waals surface area contributed by atoms with Crippen molar-refractivity contribution < 1.29 is 32.3 Å². The second kappa shape index (κ2) is 7.01. The van der Waals surface area contributed by atoms with Gasteiger partial charge in [-0.2, -0.15) is 0 Å². The Kier molecular flexibility index (Phi) is 5.38. The maximum absolute atomic E-state index is 12.2. The summed E-state index contributed by atoms with van der Waals surface area (Å²) in [6.07, 6.45) is -4.58. The van der Waals surface area contributed by atoms with Crippen LogP contribution in [0.15, 0.2) is 24.3 Å². The zero-order valence-corrected chi connectivity index (χ0v) is 14.0. The van der Waals surface area contributed by atoms with Crippen LogP contribution in [-0.2, 0) is 14.4 Å². The molecule has 1 saturated heterocycles. The summed E-state index contributed by atoms with van der Waals surface area (Å²) in [7, 11) is 0. The lowest BCUT2D eigenvalue weighted by Crippen LogP contribution is -2.42. The zero-order valence-electron chi connectivity index (χ0n) is 14.0. The number of halogens is 3. The van der Waals surface area contributed by atoms with Gasteiger partial charge in [0.1, 0.15) is 18.4 Å². The Morgan fingerprint density at radius 3 is 2.40 bits per heavy atom. The molecular weight excluding hydrogens is 341 g/mol. The van der Waals surface area contributed by atoms with Crippen LogP contribution in [0.4, 0.5) is 13.2 Å². The molecule has 25 heavy (non-hydrogen) atoms. The number of hydrogen-bond acceptors (Lipinski definition) is 5. The first-order chi connectivity index (χ1) is 11.4. The number of hydrazine groups is 1. The number of alkyl halides is 3. The van der Waals surface area contributed by atoms with Gasteiger partial charge in [-0.15, -0.1) is 13.2 Å². The number of rotatable bonds is 4. The van der Waals surface area contributed by atoms with Crippen LogP contribution in [0.1, 0.15) is 38.8 Å². The molecule has 1 amide bonds. The lowest BCUT2D eigenvalue weighted by atomic mass is 9.92. The number of Topliss-reactive ketones (excluding diaryl/α,β-unsaturated/α-hetero) is 1. The Bertz CT molecular complexity index is 638. The molecule has 0 aromatic heterocycles. The summed E-state index contributed by atoms with van der Waals surface area (Å²) in [5.41, 5.74) is 2.64. The van der Waals surface area contributed by atoms with Crippen molar-refractivity contribution in [2.45, 2.75) is 39.6 Å². The predicted octanol–water partition coefficient (Wildman–Crippen LogP) is 2.91. The minimum Gasteiger partial charge on any atom is -0.406 e. The van der Waals surface area contributed by atoms with Gasteiger partial charge in [0.25, 0.3) is 0 Å². The molecule has 1 N–H and O–H groups in total. The van der Waals surface area contributed by atoms with Crippen molar-refractivity contribution in [2.24, 2.45) is 5.41 Å². The number of carbonyl (C=O) groups is 2. The molecule has 1 aromatic carbocycles. The van der Waals surface area contributed by atoms with E-state index in [1.807, 2.05) is 20.8 Å². The van der Waals surface area contributed by atoms with Crippen molar-refractivity contribution >= 4 is 11.7 Å². The summed E-state index contributed by atoms with van der Waals surface area (Å²) in [5.74, 6) is -1.05. The van der Waals surface area contributed by atoms with Crippen LogP contribution < -0.4 is 10.2 Å². The molecule has 138 valence electrons. The monoisotopic (exact) mass is 360 g/mol. The molecule has 0 bridgehead atoms. The minimum absolute atomic E-state index is 0.214. The number of hydrogen-bond donors (Lipinski definition) is 1. The number of amides is 1. The maximum Gasteiger partial charge on any atom is 0.573 e. The third-order valence-corrected chi connectivity index (χ3v) is 3.24. The summed E-state index contributed by atoms with van der Waals surface area (Å²) in [4.78, 5) is 29.2. The van der Waals surface area contributed by atoms with E-state index in [-0.39, 0.29) is 30.1 Å². The number of ether oxygens (including phenoxy) is 1. The number of benzene rings is 1. The van der Waals surface area contributed by atoms with Gasteiger partial charge in [-0.3, -0.25) is 19.9 Å². The van der Waals surface area contributed by atoms with E-state index in [0.717, 1.165) is 17.3 Å². The van der Waals surface area contributed by atoms with Gasteiger partial charge in [-0.25, -0.2) is 0 Å². The van der Waals surface area contributed by atoms with E-state index < -0.39 is 18.2 Å². The third-order valence-electron chi connectivity index (χ3n) is 3.24. The molecule has 1 aliphatic heterocycles. The van der Waals surface area contributed by atoms with Crippen LogP contribution in [0.25, 0.3) is 0 Å². The van der Waals surface area contributed by atoms with E-state index in [1.54, 1.807) is 0 Å². The van der Waals surface area contributed by atoms with Crippen molar-refractivity contribution in [1.82, 2.24) is 10.6 Å². The lowest BCUT2D eigenvalue weighted by Gasteiger charge is -2.24. The van der Waals surface area contributed by atoms with E-state index in [0.29, 0.717) is 5.56 Å². The largest absolute Gasteiger partial charge is 0.573 e. The molecule has 1 unspecified atom stereocenters. The SMILES string of the molecule is CC(C)(C)CC(=O)NN1OCC(=O)C1c1ccc(OC(F)(F)F)cc1. The predicted molar refractivity (Wildman–Crippen MR) is 80.9 cm³/mol. The Morgan fingerprint density at radius 2 is 1.88 bits per heavy atom. The van der Waals surface area contributed by atoms with Gasteiger partial charge in [0, 0.05) is 6.42 Å². The quantitative estimate of drug-likeness (QED) is 0.894. The molecule has 1 aromatic rings. The molecule has 1 heterocycles. The van der Waals surface area contributed by atoms with Crippen LogP contribution in [0, 0.1) is 5.41 Å². The lowest BCUT2D eigenvalue weighted by molar-refractivity contribution is -0.274. The van der Waals surface area contributed by atoms with Crippen molar-refractivity contribution in [2.75, 3.05) is 6.61 Å². The fourth-order valence-electron chi connectivity index (χ4n) is 2.33. The second-order valence-electron chi connectivity index (χ2n) is 6.86. The van der Waals surface area contributed by atoms with Gasteiger partial charge < -0.3 is 4.74 Å². The van der Waals surface area contributed by atoms with Crippen molar-refractivity contribution in [1.29, 1.82) is 0 Å². The van der Waals surface area contributed by atoms with Gasteiger partial charge in [-0.05, 0) is 23.1 Å². The molecular formula is C16H19F3N2O4. The Morgan fingerprint density at radius 1 is 1.28 bits per heavy atom. The molecule has 0 spiro atoms. The summed E-state index contributed by atoms with van der Waals surface area (Å²) < 4.78 is 40.4. The van der Waals surface area contributed by atoms with Gasteiger partial charge in [-0.1, -0.05) is 38.1 Å². The zero-order chi connectivity index (χ0) is 18.8. The molecule has 0 radical (unpaired) electrons. The Labute approximate surface area is 142 Å². The average molecular weight is 360 g/mol. The first-order valence-corrected chi connectivity index (χ1v) is 7.55. The smallest absolute Gasteiger partial charge is 0.406 e. The van der Waals surface area contributed by atoms with E-state index in [1.165, 1.54) is 12.1 Å². The minimum atomic E-state index is -4.79. The van der Waals surface area contributed by atoms with Crippen LogP contribution >= 0.6 is 0 Å². The number of nitrogens with zero attached hydrogens (tertiary/aromatic N) is 1. The molecule has 0 aliphatic carbocycles. The number of ketones is 1. The fourth-order valence-corrected chi connectivity index (χ4v) is 2.33. The first-order valence-electron chi connectivity index (χ1n) is 7.55. The molecule has 0 saturated carbocycles. The topological polar surface area (TPSA) is 67.9 Å². The highest BCUT2D eigenvalue weighted by Crippen LogP contribution is 2.29. The van der Waals surface area contributed by atoms with E-state index in [9.17, 15) is 22.8 Å². The molecule has 9 heteroatoms. The van der Waals surface area contributed by atoms with E-state index >= 15 is 0 Å². The van der Waals surface area contributed by atoms with Crippen LogP contribution in [-0.4, -0.2) is 29.8 Å². The molecule has 2 rings (SSSR count). The first kappa shape index (κ1) is 19.2. The highest BCUT2D eigenvalue weighted by Gasteiger charge is 2.37. The van der Waals surface area contributed by atoms with Crippen molar-refractivity contribution in [3.05, 3.63) is 29.8 Å². The van der Waals surface area contributed by atoms with Gasteiger partial charge in [0.2, 0.25) is 5.91 Å².